The third-order valence-electron chi connectivity index (χ3n) is 3.19. The van der Waals surface area contributed by atoms with Crippen LogP contribution < -0.4 is 9.80 Å². The minimum absolute atomic E-state index is 0.343. The summed E-state index contributed by atoms with van der Waals surface area (Å²) in [5.41, 5.74) is 0. The number of hydrogen-bond donors (Lipinski definition) is 0. The Bertz CT molecular complexity index is 445. The summed E-state index contributed by atoms with van der Waals surface area (Å²) in [6.07, 6.45) is 3.76. The summed E-state index contributed by atoms with van der Waals surface area (Å²) in [4.78, 5) is 13.0. The summed E-state index contributed by atoms with van der Waals surface area (Å²) >= 11 is 0. The highest BCUT2D eigenvalue weighted by Crippen LogP contribution is 2.21. The molecule has 5 heteroatoms. The maximum atomic E-state index is 8.74. The molecule has 0 aromatic carbocycles. The molecular formula is C13H19N5. The van der Waals surface area contributed by atoms with Gasteiger partial charge in [0.2, 0.25) is 0 Å². The number of nitrogens with zero attached hydrogens (tertiary/aromatic N) is 5. The lowest BCUT2D eigenvalue weighted by molar-refractivity contribution is 0.572. The molecule has 0 radical (unpaired) electrons. The van der Waals surface area contributed by atoms with Crippen LogP contribution in [0.3, 0.4) is 0 Å². The molecule has 1 aliphatic rings. The quantitative estimate of drug-likeness (QED) is 0.759. The highest BCUT2D eigenvalue weighted by molar-refractivity contribution is 5.51. The fourth-order valence-corrected chi connectivity index (χ4v) is 2.20. The Morgan fingerprint density at radius 3 is 2.72 bits per heavy atom. The van der Waals surface area contributed by atoms with Crippen molar-refractivity contribution in [2.24, 2.45) is 0 Å². The zero-order chi connectivity index (χ0) is 13.0. The SMILES string of the molecule is Cc1nc(N(C)CC#N)cc(N2CCCCC2)n1. The van der Waals surface area contributed by atoms with Crippen LogP contribution in [0.15, 0.2) is 6.07 Å². The molecule has 0 spiro atoms. The van der Waals surface area contributed by atoms with Crippen LogP contribution in [-0.2, 0) is 0 Å². The van der Waals surface area contributed by atoms with E-state index in [4.69, 9.17) is 5.26 Å². The van der Waals surface area contributed by atoms with Gasteiger partial charge in [-0.1, -0.05) is 0 Å². The first-order chi connectivity index (χ1) is 8.70. The minimum atomic E-state index is 0.343. The molecule has 0 amide bonds. The van der Waals surface area contributed by atoms with E-state index in [2.05, 4.69) is 20.9 Å². The minimum Gasteiger partial charge on any atom is -0.356 e. The van der Waals surface area contributed by atoms with Crippen LogP contribution in [0.1, 0.15) is 25.1 Å². The lowest BCUT2D eigenvalue weighted by Gasteiger charge is -2.28. The molecule has 1 aliphatic heterocycles. The molecule has 0 aliphatic carbocycles. The van der Waals surface area contributed by atoms with Crippen LogP contribution in [0, 0.1) is 18.3 Å². The standard InChI is InChI=1S/C13H19N5/c1-11-15-12(17(2)9-6-14)10-13(16-11)18-7-4-3-5-8-18/h10H,3-5,7-9H2,1-2H3. The number of hydrogen-bond acceptors (Lipinski definition) is 5. The summed E-state index contributed by atoms with van der Waals surface area (Å²) in [7, 11) is 1.88. The van der Waals surface area contributed by atoms with E-state index in [0.29, 0.717) is 6.54 Å². The van der Waals surface area contributed by atoms with Gasteiger partial charge in [-0.05, 0) is 26.2 Å². The molecule has 0 bridgehead atoms. The number of aromatic nitrogens is 2. The summed E-state index contributed by atoms with van der Waals surface area (Å²) in [5.74, 6) is 2.57. The van der Waals surface area contributed by atoms with E-state index in [1.165, 1.54) is 19.3 Å². The van der Waals surface area contributed by atoms with Crippen LogP contribution in [0.2, 0.25) is 0 Å². The zero-order valence-electron chi connectivity index (χ0n) is 11.1. The van der Waals surface area contributed by atoms with Gasteiger partial charge in [0.1, 0.15) is 24.0 Å². The Kier molecular flexibility index (Phi) is 3.98. The predicted octanol–water partition coefficient (Wildman–Crippen LogP) is 1.74. The highest BCUT2D eigenvalue weighted by atomic mass is 15.2. The van der Waals surface area contributed by atoms with Crippen LogP contribution in [0.25, 0.3) is 0 Å². The van der Waals surface area contributed by atoms with E-state index in [0.717, 1.165) is 30.5 Å². The van der Waals surface area contributed by atoms with Crippen molar-refractivity contribution in [3.8, 4) is 6.07 Å². The highest BCUT2D eigenvalue weighted by Gasteiger charge is 2.14. The largest absolute Gasteiger partial charge is 0.356 e. The lowest BCUT2D eigenvalue weighted by Crippen LogP contribution is -2.31. The molecule has 1 saturated heterocycles. The van der Waals surface area contributed by atoms with E-state index in [-0.39, 0.29) is 0 Å². The zero-order valence-corrected chi connectivity index (χ0v) is 11.1. The molecule has 96 valence electrons. The summed E-state index contributed by atoms with van der Waals surface area (Å²) < 4.78 is 0. The first-order valence-corrected chi connectivity index (χ1v) is 6.39. The molecule has 0 atom stereocenters. The smallest absolute Gasteiger partial charge is 0.134 e. The van der Waals surface area contributed by atoms with Gasteiger partial charge in [-0.15, -0.1) is 0 Å². The Balaban J connectivity index is 2.23. The molecule has 0 saturated carbocycles. The predicted molar refractivity (Wildman–Crippen MR) is 71.7 cm³/mol. The third-order valence-corrected chi connectivity index (χ3v) is 3.19. The lowest BCUT2D eigenvalue weighted by atomic mass is 10.1. The molecule has 18 heavy (non-hydrogen) atoms. The number of aryl methyl sites for hydroxylation is 1. The van der Waals surface area contributed by atoms with Crippen molar-refractivity contribution in [3.05, 3.63) is 11.9 Å². The van der Waals surface area contributed by atoms with Gasteiger partial charge < -0.3 is 9.80 Å². The third kappa shape index (κ3) is 2.89. The average Bonchev–Trinajstić information content (AvgIpc) is 2.39. The normalized spacial score (nSPS) is 15.3. The molecular weight excluding hydrogens is 226 g/mol. The van der Waals surface area contributed by atoms with Gasteiger partial charge in [0, 0.05) is 26.2 Å². The number of rotatable bonds is 3. The number of nitriles is 1. The van der Waals surface area contributed by atoms with Gasteiger partial charge in [0.15, 0.2) is 0 Å². The van der Waals surface area contributed by atoms with E-state index in [1.807, 2.05) is 24.9 Å². The molecule has 1 aromatic rings. The van der Waals surface area contributed by atoms with E-state index < -0.39 is 0 Å². The second kappa shape index (κ2) is 5.67. The van der Waals surface area contributed by atoms with E-state index in [9.17, 15) is 0 Å². The average molecular weight is 245 g/mol. The van der Waals surface area contributed by atoms with Crippen molar-refractivity contribution >= 4 is 11.6 Å². The van der Waals surface area contributed by atoms with Gasteiger partial charge >= 0.3 is 0 Å². The molecule has 1 fully saturated rings. The van der Waals surface area contributed by atoms with Crippen molar-refractivity contribution in [3.63, 3.8) is 0 Å². The van der Waals surface area contributed by atoms with Crippen LogP contribution in [0.5, 0.6) is 0 Å². The number of anilines is 2. The van der Waals surface area contributed by atoms with Crippen molar-refractivity contribution in [1.29, 1.82) is 5.26 Å². The first-order valence-electron chi connectivity index (χ1n) is 6.39. The molecule has 2 heterocycles. The molecule has 5 nitrogen and oxygen atoms in total. The number of piperidine rings is 1. The maximum absolute atomic E-state index is 8.74. The first kappa shape index (κ1) is 12.6. The van der Waals surface area contributed by atoms with Gasteiger partial charge in [-0.3, -0.25) is 0 Å². The monoisotopic (exact) mass is 245 g/mol. The second-order valence-electron chi connectivity index (χ2n) is 4.69. The second-order valence-corrected chi connectivity index (χ2v) is 4.69. The topological polar surface area (TPSA) is 56.1 Å². The molecule has 1 aromatic heterocycles. The van der Waals surface area contributed by atoms with Gasteiger partial charge in [0.25, 0.3) is 0 Å². The maximum Gasteiger partial charge on any atom is 0.134 e. The summed E-state index contributed by atoms with van der Waals surface area (Å²) in [5, 5.41) is 8.74. The molecule has 2 rings (SSSR count). The van der Waals surface area contributed by atoms with Crippen molar-refractivity contribution in [1.82, 2.24) is 9.97 Å². The Morgan fingerprint density at radius 1 is 1.33 bits per heavy atom. The van der Waals surface area contributed by atoms with E-state index >= 15 is 0 Å². The fraction of sp³-hybridized carbons (Fsp3) is 0.615. The Hall–Kier alpha value is -1.83. The van der Waals surface area contributed by atoms with Gasteiger partial charge in [0.05, 0.1) is 6.07 Å². The summed E-state index contributed by atoms with van der Waals surface area (Å²) in [6, 6.07) is 4.12. The van der Waals surface area contributed by atoms with Crippen LogP contribution >= 0.6 is 0 Å². The Labute approximate surface area is 108 Å². The summed E-state index contributed by atoms with van der Waals surface area (Å²) in [6.45, 7) is 4.38. The van der Waals surface area contributed by atoms with Crippen LogP contribution in [0.4, 0.5) is 11.6 Å². The molecule has 0 unspecified atom stereocenters. The van der Waals surface area contributed by atoms with Crippen LogP contribution in [-0.4, -0.2) is 36.6 Å². The molecule has 0 N–H and O–H groups in total. The van der Waals surface area contributed by atoms with Crippen molar-refractivity contribution < 1.29 is 0 Å². The van der Waals surface area contributed by atoms with E-state index in [1.54, 1.807) is 0 Å². The Morgan fingerprint density at radius 2 is 2.06 bits per heavy atom. The fourth-order valence-electron chi connectivity index (χ4n) is 2.20. The van der Waals surface area contributed by atoms with Gasteiger partial charge in [-0.2, -0.15) is 5.26 Å². The van der Waals surface area contributed by atoms with Gasteiger partial charge in [-0.25, -0.2) is 9.97 Å². The van der Waals surface area contributed by atoms with Crippen molar-refractivity contribution in [2.45, 2.75) is 26.2 Å². The van der Waals surface area contributed by atoms with Crippen molar-refractivity contribution in [2.75, 3.05) is 36.5 Å².